The Hall–Kier alpha value is -3.33. The predicted octanol–water partition coefficient (Wildman–Crippen LogP) is 2.81. The summed E-state index contributed by atoms with van der Waals surface area (Å²) in [5.74, 6) is -0.104. The first-order valence-electron chi connectivity index (χ1n) is 8.93. The summed E-state index contributed by atoms with van der Waals surface area (Å²) in [7, 11) is 0. The molecule has 138 valence electrons. The van der Waals surface area contributed by atoms with E-state index in [-0.39, 0.29) is 24.3 Å². The Morgan fingerprint density at radius 1 is 1.15 bits per heavy atom. The van der Waals surface area contributed by atoms with E-state index in [0.717, 1.165) is 18.5 Å². The lowest BCUT2D eigenvalue weighted by molar-refractivity contribution is -0.136. The smallest absolute Gasteiger partial charge is 0.260 e. The van der Waals surface area contributed by atoms with Gasteiger partial charge in [-0.2, -0.15) is 5.26 Å². The Balaban J connectivity index is 1.55. The first-order chi connectivity index (χ1) is 13.2. The van der Waals surface area contributed by atoms with E-state index >= 15 is 0 Å². The van der Waals surface area contributed by atoms with Crippen LogP contribution in [0.2, 0.25) is 0 Å². The maximum Gasteiger partial charge on any atom is 0.260 e. The summed E-state index contributed by atoms with van der Waals surface area (Å²) < 4.78 is 5.52. The molecule has 1 saturated heterocycles. The van der Waals surface area contributed by atoms with Crippen LogP contribution in [-0.4, -0.2) is 36.4 Å². The predicted molar refractivity (Wildman–Crippen MR) is 101 cm³/mol. The van der Waals surface area contributed by atoms with Crippen molar-refractivity contribution < 1.29 is 14.3 Å². The molecule has 0 aromatic heterocycles. The topological polar surface area (TPSA) is 82.4 Å². The third kappa shape index (κ3) is 4.85. The van der Waals surface area contributed by atoms with E-state index in [2.05, 4.69) is 5.32 Å². The van der Waals surface area contributed by atoms with Gasteiger partial charge in [0.05, 0.1) is 11.5 Å². The molecule has 2 amide bonds. The number of amides is 2. The lowest BCUT2D eigenvalue weighted by Crippen LogP contribution is -2.45. The molecule has 1 heterocycles. The molecule has 0 saturated carbocycles. The van der Waals surface area contributed by atoms with E-state index < -0.39 is 0 Å². The molecule has 1 aliphatic heterocycles. The molecular weight excluding hydrogens is 342 g/mol. The number of nitrogens with zero attached hydrogens (tertiary/aromatic N) is 2. The van der Waals surface area contributed by atoms with Gasteiger partial charge >= 0.3 is 0 Å². The highest BCUT2D eigenvalue weighted by Gasteiger charge is 2.28. The van der Waals surface area contributed by atoms with Crippen LogP contribution in [0.1, 0.15) is 18.4 Å². The number of likely N-dealkylation sites (tertiary alicyclic amines) is 1. The van der Waals surface area contributed by atoms with E-state index in [1.54, 1.807) is 29.2 Å². The van der Waals surface area contributed by atoms with Crippen molar-refractivity contribution >= 4 is 17.5 Å². The van der Waals surface area contributed by atoms with Gasteiger partial charge in [-0.25, -0.2) is 0 Å². The number of para-hydroxylation sites is 2. The zero-order valence-electron chi connectivity index (χ0n) is 14.9. The molecule has 2 aromatic carbocycles. The van der Waals surface area contributed by atoms with Gasteiger partial charge in [0.1, 0.15) is 11.8 Å². The summed E-state index contributed by atoms with van der Waals surface area (Å²) in [6.45, 7) is 0.837. The Kier molecular flexibility index (Phi) is 6.06. The average molecular weight is 363 g/mol. The molecule has 1 unspecified atom stereocenters. The zero-order valence-corrected chi connectivity index (χ0v) is 14.9. The molecule has 3 rings (SSSR count). The molecular formula is C21H21N3O3. The fraction of sp³-hybridized carbons (Fsp3) is 0.286. The van der Waals surface area contributed by atoms with Crippen molar-refractivity contribution in [3.63, 3.8) is 0 Å². The molecule has 1 aliphatic rings. The Bertz CT molecular complexity index is 845. The van der Waals surface area contributed by atoms with Gasteiger partial charge in [-0.15, -0.1) is 0 Å². The molecule has 0 aliphatic carbocycles. The number of rotatable bonds is 5. The molecule has 27 heavy (non-hydrogen) atoms. The third-order valence-electron chi connectivity index (χ3n) is 4.54. The summed E-state index contributed by atoms with van der Waals surface area (Å²) >= 11 is 0. The number of nitrogens with one attached hydrogen (secondary N) is 1. The van der Waals surface area contributed by atoms with Gasteiger partial charge in [0, 0.05) is 18.8 Å². The molecule has 0 spiro atoms. The molecule has 1 fully saturated rings. The quantitative estimate of drug-likeness (QED) is 0.885. The molecule has 1 N–H and O–H groups in total. The van der Waals surface area contributed by atoms with Gasteiger partial charge in [-0.05, 0) is 37.1 Å². The average Bonchev–Trinajstić information content (AvgIpc) is 2.73. The van der Waals surface area contributed by atoms with E-state index in [1.165, 1.54) is 0 Å². The summed E-state index contributed by atoms with van der Waals surface area (Å²) in [5.41, 5.74) is 1.14. The SMILES string of the molecule is N#Cc1ccccc1OCC(=O)N1CCCC(C(=O)Nc2ccccc2)C1. The molecule has 6 heteroatoms. The molecule has 2 aromatic rings. The van der Waals surface area contributed by atoms with E-state index in [1.807, 2.05) is 36.4 Å². The molecule has 1 atom stereocenters. The Labute approximate surface area is 158 Å². The van der Waals surface area contributed by atoms with Crippen molar-refractivity contribution in [3.8, 4) is 11.8 Å². The number of carbonyl (C=O) groups excluding carboxylic acids is 2. The van der Waals surface area contributed by atoms with Crippen LogP contribution in [0.15, 0.2) is 54.6 Å². The van der Waals surface area contributed by atoms with Crippen LogP contribution in [0.5, 0.6) is 5.75 Å². The number of piperidine rings is 1. The monoisotopic (exact) mass is 363 g/mol. The lowest BCUT2D eigenvalue weighted by atomic mass is 9.97. The first-order valence-corrected chi connectivity index (χ1v) is 8.93. The van der Waals surface area contributed by atoms with Crippen LogP contribution in [-0.2, 0) is 9.59 Å². The van der Waals surface area contributed by atoms with Crippen LogP contribution in [0.3, 0.4) is 0 Å². The molecule has 0 radical (unpaired) electrons. The van der Waals surface area contributed by atoms with Crippen molar-refractivity contribution in [1.29, 1.82) is 5.26 Å². The maximum atomic E-state index is 12.5. The lowest BCUT2D eigenvalue weighted by Gasteiger charge is -2.32. The van der Waals surface area contributed by atoms with Gasteiger partial charge in [-0.1, -0.05) is 30.3 Å². The van der Waals surface area contributed by atoms with Gasteiger partial charge < -0.3 is 15.0 Å². The van der Waals surface area contributed by atoms with Gasteiger partial charge in [0.15, 0.2) is 6.61 Å². The fourth-order valence-corrected chi connectivity index (χ4v) is 3.10. The van der Waals surface area contributed by atoms with Crippen molar-refractivity contribution in [2.24, 2.45) is 5.92 Å². The van der Waals surface area contributed by atoms with Gasteiger partial charge in [0.25, 0.3) is 5.91 Å². The van der Waals surface area contributed by atoms with Crippen LogP contribution >= 0.6 is 0 Å². The number of hydrogen-bond acceptors (Lipinski definition) is 4. The minimum absolute atomic E-state index is 0.0746. The largest absolute Gasteiger partial charge is 0.482 e. The van der Waals surface area contributed by atoms with Crippen molar-refractivity contribution in [1.82, 2.24) is 4.90 Å². The van der Waals surface area contributed by atoms with Crippen LogP contribution in [0, 0.1) is 17.2 Å². The van der Waals surface area contributed by atoms with E-state index in [9.17, 15) is 9.59 Å². The second-order valence-corrected chi connectivity index (χ2v) is 6.43. The number of carbonyl (C=O) groups is 2. The minimum atomic E-state index is -0.241. The van der Waals surface area contributed by atoms with Gasteiger partial charge in [-0.3, -0.25) is 9.59 Å². The number of nitriles is 1. The molecule has 6 nitrogen and oxygen atoms in total. The Morgan fingerprint density at radius 3 is 2.67 bits per heavy atom. The van der Waals surface area contributed by atoms with Crippen LogP contribution in [0.4, 0.5) is 5.69 Å². The van der Waals surface area contributed by atoms with Crippen LogP contribution < -0.4 is 10.1 Å². The Morgan fingerprint density at radius 2 is 1.89 bits per heavy atom. The van der Waals surface area contributed by atoms with Gasteiger partial charge in [0.2, 0.25) is 5.91 Å². The summed E-state index contributed by atoms with van der Waals surface area (Å²) in [4.78, 5) is 26.6. The standard InChI is InChI=1S/C21H21N3O3/c22-13-16-7-4-5-11-19(16)27-15-20(25)24-12-6-8-17(14-24)21(26)23-18-9-2-1-3-10-18/h1-5,7,9-11,17H,6,8,12,14-15H2,(H,23,26). The maximum absolute atomic E-state index is 12.5. The number of hydrogen-bond donors (Lipinski definition) is 1. The van der Waals surface area contributed by atoms with E-state index in [4.69, 9.17) is 10.00 Å². The number of benzene rings is 2. The highest BCUT2D eigenvalue weighted by molar-refractivity contribution is 5.93. The van der Waals surface area contributed by atoms with Crippen LogP contribution in [0.25, 0.3) is 0 Å². The summed E-state index contributed by atoms with van der Waals surface area (Å²) in [6, 6.07) is 18.1. The minimum Gasteiger partial charge on any atom is -0.482 e. The number of anilines is 1. The summed E-state index contributed by atoms with van der Waals surface area (Å²) in [5, 5.41) is 12.0. The highest BCUT2D eigenvalue weighted by atomic mass is 16.5. The third-order valence-corrected chi connectivity index (χ3v) is 4.54. The normalized spacial score (nSPS) is 16.3. The van der Waals surface area contributed by atoms with Crippen molar-refractivity contribution in [2.75, 3.05) is 25.0 Å². The highest BCUT2D eigenvalue weighted by Crippen LogP contribution is 2.20. The number of ether oxygens (including phenoxy) is 1. The van der Waals surface area contributed by atoms with Crippen molar-refractivity contribution in [2.45, 2.75) is 12.8 Å². The summed E-state index contributed by atoms with van der Waals surface area (Å²) in [6.07, 6.45) is 1.52. The molecule has 0 bridgehead atoms. The second-order valence-electron chi connectivity index (χ2n) is 6.43. The van der Waals surface area contributed by atoms with E-state index in [0.29, 0.717) is 24.4 Å². The zero-order chi connectivity index (χ0) is 19.1. The fourth-order valence-electron chi connectivity index (χ4n) is 3.10. The first kappa shape index (κ1) is 18.5. The van der Waals surface area contributed by atoms with Crippen molar-refractivity contribution in [3.05, 3.63) is 60.2 Å². The second kappa shape index (κ2) is 8.86.